The maximum absolute atomic E-state index is 11.7. The summed E-state index contributed by atoms with van der Waals surface area (Å²) in [5.41, 5.74) is -0.548. The molecule has 0 saturated carbocycles. The van der Waals surface area contributed by atoms with E-state index in [-0.39, 0.29) is 19.1 Å². The summed E-state index contributed by atoms with van der Waals surface area (Å²) < 4.78 is 8.73. The molecule has 0 fully saturated rings. The third-order valence-corrected chi connectivity index (χ3v) is 6.13. The number of aromatic nitrogens is 4. The van der Waals surface area contributed by atoms with Crippen molar-refractivity contribution in [1.29, 1.82) is 0 Å². The number of hydrogen-bond donors (Lipinski definition) is 5. The number of carbonyl (C=O) groups excluding carboxylic acids is 1. The number of carboxylic acid groups (broad SMARTS) is 3. The molecule has 2 aromatic heterocycles. The Balaban J connectivity index is 0.000000276. The fourth-order valence-electron chi connectivity index (χ4n) is 4.26. The Labute approximate surface area is 221 Å². The topological polar surface area (TPSA) is 218 Å². The van der Waals surface area contributed by atoms with Crippen molar-refractivity contribution in [1.82, 2.24) is 24.2 Å². The normalized spacial score (nSPS) is 13.3. The van der Waals surface area contributed by atoms with Crippen LogP contribution >= 0.6 is 0 Å². The molecule has 0 unspecified atom stereocenters. The SMILES string of the molecule is COC(=O)Cn1cc(CN2CCn3c(CO)nnc3C2)c2ccccc21.O=C(O)CC(O)(CC(=O)O)C(=O)O. The molecular formula is C24H29N5O10. The highest BCUT2D eigenvalue weighted by atomic mass is 16.5. The summed E-state index contributed by atoms with van der Waals surface area (Å²) in [6, 6.07) is 8.07. The van der Waals surface area contributed by atoms with Crippen LogP contribution in [0.15, 0.2) is 30.5 Å². The van der Waals surface area contributed by atoms with Gasteiger partial charge in [0.05, 0.1) is 26.5 Å². The van der Waals surface area contributed by atoms with Crippen molar-refractivity contribution in [3.63, 3.8) is 0 Å². The van der Waals surface area contributed by atoms with Crippen molar-refractivity contribution in [2.75, 3.05) is 13.7 Å². The van der Waals surface area contributed by atoms with E-state index in [0.717, 1.165) is 36.4 Å². The molecule has 15 nitrogen and oxygen atoms in total. The molecule has 15 heteroatoms. The predicted molar refractivity (Wildman–Crippen MR) is 131 cm³/mol. The number of methoxy groups -OCH3 is 1. The number of carbonyl (C=O) groups is 4. The Kier molecular flexibility index (Phi) is 9.34. The molecule has 0 radical (unpaired) electrons. The van der Waals surface area contributed by atoms with E-state index in [1.807, 2.05) is 33.5 Å². The summed E-state index contributed by atoms with van der Waals surface area (Å²) in [6.07, 6.45) is -0.261. The molecular weight excluding hydrogens is 518 g/mol. The fourth-order valence-corrected chi connectivity index (χ4v) is 4.26. The minimum absolute atomic E-state index is 0.0893. The number of rotatable bonds is 10. The highest BCUT2D eigenvalue weighted by Crippen LogP contribution is 2.24. The number of ether oxygens (including phenoxy) is 1. The zero-order valence-electron chi connectivity index (χ0n) is 21.1. The fraction of sp³-hybridized carbons (Fsp3) is 0.417. The van der Waals surface area contributed by atoms with Crippen LogP contribution in [-0.2, 0) is 56.7 Å². The van der Waals surface area contributed by atoms with Gasteiger partial charge in [-0.3, -0.25) is 19.3 Å². The molecule has 0 aliphatic carbocycles. The summed E-state index contributed by atoms with van der Waals surface area (Å²) in [5, 5.41) is 52.5. The van der Waals surface area contributed by atoms with Crippen molar-refractivity contribution in [2.45, 2.75) is 51.2 Å². The van der Waals surface area contributed by atoms with Gasteiger partial charge < -0.3 is 39.4 Å². The molecule has 0 spiro atoms. The van der Waals surface area contributed by atoms with Gasteiger partial charge in [-0.1, -0.05) is 18.2 Å². The molecule has 0 atom stereocenters. The van der Waals surface area contributed by atoms with E-state index in [4.69, 9.17) is 25.2 Å². The first-order valence-electron chi connectivity index (χ1n) is 11.7. The van der Waals surface area contributed by atoms with Gasteiger partial charge in [0.2, 0.25) is 0 Å². The average molecular weight is 548 g/mol. The number of hydrogen-bond acceptors (Lipinski definition) is 10. The van der Waals surface area contributed by atoms with Crippen molar-refractivity contribution < 1.29 is 49.4 Å². The van der Waals surface area contributed by atoms with E-state index in [1.54, 1.807) is 0 Å². The zero-order valence-corrected chi connectivity index (χ0v) is 21.1. The second-order valence-corrected chi connectivity index (χ2v) is 8.91. The Bertz CT molecular complexity index is 1350. The summed E-state index contributed by atoms with van der Waals surface area (Å²) in [5.74, 6) is -3.79. The smallest absolute Gasteiger partial charge is 0.336 e. The molecule has 0 amide bonds. The second-order valence-electron chi connectivity index (χ2n) is 8.91. The predicted octanol–water partition coefficient (Wildman–Crippen LogP) is -0.335. The number of benzene rings is 1. The lowest BCUT2D eigenvalue weighted by molar-refractivity contribution is -0.170. The van der Waals surface area contributed by atoms with Gasteiger partial charge in [0.15, 0.2) is 11.4 Å². The van der Waals surface area contributed by atoms with E-state index in [2.05, 4.69) is 21.2 Å². The van der Waals surface area contributed by atoms with Crippen LogP contribution in [0, 0.1) is 0 Å². The van der Waals surface area contributed by atoms with Crippen molar-refractivity contribution in [3.8, 4) is 0 Å². The van der Waals surface area contributed by atoms with Crippen LogP contribution in [0.5, 0.6) is 0 Å². The Morgan fingerprint density at radius 3 is 2.28 bits per heavy atom. The number of para-hydroxylation sites is 1. The Morgan fingerprint density at radius 2 is 1.69 bits per heavy atom. The van der Waals surface area contributed by atoms with E-state index in [1.165, 1.54) is 12.7 Å². The van der Waals surface area contributed by atoms with Gasteiger partial charge in [-0.15, -0.1) is 10.2 Å². The summed E-state index contributed by atoms with van der Waals surface area (Å²) >= 11 is 0. The van der Waals surface area contributed by atoms with Gasteiger partial charge in [-0.05, 0) is 11.6 Å². The summed E-state index contributed by atoms with van der Waals surface area (Å²) in [7, 11) is 1.40. The molecule has 1 aliphatic heterocycles. The Morgan fingerprint density at radius 1 is 1.03 bits per heavy atom. The second kappa shape index (κ2) is 12.5. The molecule has 0 saturated heterocycles. The van der Waals surface area contributed by atoms with Gasteiger partial charge in [0, 0.05) is 36.7 Å². The van der Waals surface area contributed by atoms with Crippen LogP contribution in [0.25, 0.3) is 10.9 Å². The van der Waals surface area contributed by atoms with E-state index >= 15 is 0 Å². The lowest BCUT2D eigenvalue weighted by Crippen LogP contribution is -2.42. The number of nitrogens with zero attached hydrogens (tertiary/aromatic N) is 5. The average Bonchev–Trinajstić information content (AvgIpc) is 3.44. The van der Waals surface area contributed by atoms with Crippen LogP contribution in [0.3, 0.4) is 0 Å². The van der Waals surface area contributed by atoms with Gasteiger partial charge in [0.1, 0.15) is 19.0 Å². The molecule has 1 aliphatic rings. The van der Waals surface area contributed by atoms with Crippen molar-refractivity contribution in [2.24, 2.45) is 0 Å². The third kappa shape index (κ3) is 7.16. The number of carboxylic acids is 3. The summed E-state index contributed by atoms with van der Waals surface area (Å²) in [6.45, 7) is 3.17. The van der Waals surface area contributed by atoms with Gasteiger partial charge in [0.25, 0.3) is 0 Å². The van der Waals surface area contributed by atoms with Crippen LogP contribution in [-0.4, -0.2) is 92.9 Å². The number of esters is 1. The van der Waals surface area contributed by atoms with Gasteiger partial charge in [-0.2, -0.15) is 0 Å². The molecule has 3 heterocycles. The number of aliphatic hydroxyl groups excluding tert-OH is 1. The van der Waals surface area contributed by atoms with E-state index in [0.29, 0.717) is 12.4 Å². The molecule has 4 rings (SSSR count). The maximum Gasteiger partial charge on any atom is 0.336 e. The van der Waals surface area contributed by atoms with E-state index in [9.17, 15) is 24.3 Å². The van der Waals surface area contributed by atoms with Crippen LogP contribution in [0.4, 0.5) is 0 Å². The third-order valence-electron chi connectivity index (χ3n) is 6.13. The number of aliphatic hydroxyl groups is 2. The minimum Gasteiger partial charge on any atom is -0.481 e. The first-order chi connectivity index (χ1) is 18.5. The molecule has 39 heavy (non-hydrogen) atoms. The summed E-state index contributed by atoms with van der Waals surface area (Å²) in [4.78, 5) is 44.5. The minimum atomic E-state index is -2.74. The largest absolute Gasteiger partial charge is 0.481 e. The lowest BCUT2D eigenvalue weighted by atomic mass is 9.96. The monoisotopic (exact) mass is 547 g/mol. The van der Waals surface area contributed by atoms with Gasteiger partial charge >= 0.3 is 23.9 Å². The highest BCUT2D eigenvalue weighted by Gasteiger charge is 2.40. The number of fused-ring (bicyclic) bond motifs is 2. The van der Waals surface area contributed by atoms with Crippen molar-refractivity contribution in [3.05, 3.63) is 47.7 Å². The molecule has 3 aromatic rings. The van der Waals surface area contributed by atoms with E-state index < -0.39 is 36.4 Å². The highest BCUT2D eigenvalue weighted by molar-refractivity contribution is 5.88. The van der Waals surface area contributed by atoms with Crippen molar-refractivity contribution >= 4 is 34.8 Å². The molecule has 210 valence electrons. The van der Waals surface area contributed by atoms with Crippen LogP contribution in [0.2, 0.25) is 0 Å². The number of aliphatic carboxylic acids is 3. The van der Waals surface area contributed by atoms with Crippen LogP contribution in [0.1, 0.15) is 30.1 Å². The zero-order chi connectivity index (χ0) is 28.7. The van der Waals surface area contributed by atoms with Crippen LogP contribution < -0.4 is 0 Å². The molecule has 0 bridgehead atoms. The Hall–Kier alpha value is -4.34. The first-order valence-corrected chi connectivity index (χ1v) is 11.7. The van der Waals surface area contributed by atoms with Gasteiger partial charge in [-0.25, -0.2) is 4.79 Å². The molecule has 5 N–H and O–H groups in total. The maximum atomic E-state index is 11.7. The molecule has 1 aromatic carbocycles. The standard InChI is InChI=1S/C18H21N5O3.C6H8O7/c1-26-18(25)11-22-9-13(14-4-2-3-5-15(14)22)8-21-6-7-23-16(10-21)19-20-17(23)12-24;7-3(8)1-6(13,5(11)12)2-4(9)10/h2-5,9,24H,6-8,10-12H2,1H3;13H,1-2H2,(H,7,8)(H,9,10)(H,11,12). The lowest BCUT2D eigenvalue weighted by Gasteiger charge is -2.27. The first kappa shape index (κ1) is 29.2. The quantitative estimate of drug-likeness (QED) is 0.206.